The summed E-state index contributed by atoms with van der Waals surface area (Å²) >= 11 is 1.64. The Bertz CT molecular complexity index is 179. The van der Waals surface area contributed by atoms with Crippen LogP contribution in [0.15, 0.2) is 0 Å². The molecule has 82 valence electrons. The third-order valence-electron chi connectivity index (χ3n) is 2.62. The van der Waals surface area contributed by atoms with Gasteiger partial charge in [-0.25, -0.2) is 0 Å². The fourth-order valence-electron chi connectivity index (χ4n) is 1.59. The normalized spacial score (nSPS) is 18.6. The fourth-order valence-corrected chi connectivity index (χ4v) is 2.26. The van der Waals surface area contributed by atoms with E-state index < -0.39 is 0 Å². The smallest absolute Gasteiger partial charge is 0.232 e. The van der Waals surface area contributed by atoms with E-state index in [-0.39, 0.29) is 5.91 Å². The molecule has 1 aliphatic heterocycles. The summed E-state index contributed by atoms with van der Waals surface area (Å²) in [5.41, 5.74) is 5.37. The number of carbonyl (C=O) groups is 1. The lowest BCUT2D eigenvalue weighted by molar-refractivity contribution is -0.129. The molecule has 1 heterocycles. The molecular formula is C10H20N2OS. The number of nitrogens with two attached hydrogens (primary N) is 1. The maximum absolute atomic E-state index is 11.6. The summed E-state index contributed by atoms with van der Waals surface area (Å²) in [4.78, 5) is 13.6. The first kappa shape index (κ1) is 11.9. The molecule has 1 rings (SSSR count). The number of piperidine rings is 1. The Morgan fingerprint density at radius 1 is 1.50 bits per heavy atom. The van der Waals surface area contributed by atoms with Gasteiger partial charge in [-0.2, -0.15) is 11.8 Å². The molecular weight excluding hydrogens is 196 g/mol. The van der Waals surface area contributed by atoms with Crippen molar-refractivity contribution in [1.82, 2.24) is 4.90 Å². The molecule has 0 bridgehead atoms. The van der Waals surface area contributed by atoms with Crippen molar-refractivity contribution in [2.24, 2.45) is 11.7 Å². The van der Waals surface area contributed by atoms with Crippen LogP contribution in [0.3, 0.4) is 0 Å². The topological polar surface area (TPSA) is 46.3 Å². The molecule has 0 aromatic heterocycles. The van der Waals surface area contributed by atoms with Crippen LogP contribution in [0.25, 0.3) is 0 Å². The highest BCUT2D eigenvalue weighted by atomic mass is 32.2. The average molecular weight is 216 g/mol. The van der Waals surface area contributed by atoms with Crippen molar-refractivity contribution in [1.29, 1.82) is 0 Å². The Morgan fingerprint density at radius 2 is 2.14 bits per heavy atom. The minimum atomic E-state index is 0.287. The van der Waals surface area contributed by atoms with Crippen LogP contribution in [-0.4, -0.2) is 41.9 Å². The van der Waals surface area contributed by atoms with Gasteiger partial charge in [0, 0.05) is 25.4 Å². The number of hydrogen-bond donors (Lipinski definition) is 1. The summed E-state index contributed by atoms with van der Waals surface area (Å²) in [6.07, 6.45) is 2.32. The SMILES string of the molecule is CC1CCN(C(=O)CSCCN)CC1. The first-order chi connectivity index (χ1) is 6.74. The highest BCUT2D eigenvalue weighted by Gasteiger charge is 2.19. The van der Waals surface area contributed by atoms with Crippen LogP contribution in [0.5, 0.6) is 0 Å². The molecule has 1 aliphatic rings. The predicted molar refractivity (Wildman–Crippen MR) is 61.4 cm³/mol. The van der Waals surface area contributed by atoms with E-state index in [9.17, 15) is 4.79 Å². The predicted octanol–water partition coefficient (Wildman–Crippen LogP) is 0.937. The van der Waals surface area contributed by atoms with Gasteiger partial charge in [-0.05, 0) is 18.8 Å². The van der Waals surface area contributed by atoms with Crippen LogP contribution in [0, 0.1) is 5.92 Å². The van der Waals surface area contributed by atoms with Crippen molar-refractivity contribution in [2.75, 3.05) is 31.1 Å². The van der Waals surface area contributed by atoms with Gasteiger partial charge in [0.25, 0.3) is 0 Å². The molecule has 1 fully saturated rings. The van der Waals surface area contributed by atoms with E-state index in [4.69, 9.17) is 5.73 Å². The number of rotatable bonds is 4. The number of carbonyl (C=O) groups excluding carboxylic acids is 1. The maximum atomic E-state index is 11.6. The molecule has 0 aromatic carbocycles. The Kier molecular flexibility index (Phi) is 5.33. The molecule has 0 aliphatic carbocycles. The summed E-state index contributed by atoms with van der Waals surface area (Å²) in [5.74, 6) is 2.56. The van der Waals surface area contributed by atoms with Crippen molar-refractivity contribution in [3.63, 3.8) is 0 Å². The molecule has 14 heavy (non-hydrogen) atoms. The molecule has 0 saturated carbocycles. The van der Waals surface area contributed by atoms with E-state index in [0.29, 0.717) is 12.3 Å². The van der Waals surface area contributed by atoms with Crippen LogP contribution in [0.4, 0.5) is 0 Å². The van der Waals surface area contributed by atoms with Crippen LogP contribution in [0.2, 0.25) is 0 Å². The molecule has 0 aromatic rings. The zero-order valence-electron chi connectivity index (χ0n) is 8.87. The Balaban J connectivity index is 2.17. The van der Waals surface area contributed by atoms with E-state index in [1.165, 1.54) is 0 Å². The summed E-state index contributed by atoms with van der Waals surface area (Å²) < 4.78 is 0. The molecule has 1 saturated heterocycles. The van der Waals surface area contributed by atoms with E-state index >= 15 is 0 Å². The first-order valence-corrected chi connectivity index (χ1v) is 6.45. The quantitative estimate of drug-likeness (QED) is 0.711. The second-order valence-corrected chi connectivity index (χ2v) is 5.01. The summed E-state index contributed by atoms with van der Waals surface area (Å²) in [5, 5.41) is 0. The second kappa shape index (κ2) is 6.30. The Morgan fingerprint density at radius 3 is 2.71 bits per heavy atom. The molecule has 0 unspecified atom stereocenters. The molecule has 0 spiro atoms. The van der Waals surface area contributed by atoms with Gasteiger partial charge in [0.15, 0.2) is 0 Å². The molecule has 2 N–H and O–H groups in total. The van der Waals surface area contributed by atoms with Crippen LogP contribution < -0.4 is 5.73 Å². The lowest BCUT2D eigenvalue weighted by Gasteiger charge is -2.30. The van der Waals surface area contributed by atoms with E-state index in [1.807, 2.05) is 4.90 Å². The van der Waals surface area contributed by atoms with Crippen molar-refractivity contribution < 1.29 is 4.79 Å². The number of hydrogen-bond acceptors (Lipinski definition) is 3. The lowest BCUT2D eigenvalue weighted by Crippen LogP contribution is -2.39. The Labute approximate surface area is 90.4 Å². The van der Waals surface area contributed by atoms with Gasteiger partial charge in [0.2, 0.25) is 5.91 Å². The lowest BCUT2D eigenvalue weighted by atomic mass is 9.99. The van der Waals surface area contributed by atoms with Gasteiger partial charge in [-0.15, -0.1) is 0 Å². The Hall–Kier alpha value is -0.220. The van der Waals surface area contributed by atoms with Gasteiger partial charge in [0.1, 0.15) is 0 Å². The van der Waals surface area contributed by atoms with Gasteiger partial charge in [-0.3, -0.25) is 4.79 Å². The molecule has 0 radical (unpaired) electrons. The highest BCUT2D eigenvalue weighted by Crippen LogP contribution is 2.16. The standard InChI is InChI=1S/C10H20N2OS/c1-9-2-5-12(6-3-9)10(13)8-14-7-4-11/h9H,2-8,11H2,1H3. The second-order valence-electron chi connectivity index (χ2n) is 3.90. The summed E-state index contributed by atoms with van der Waals surface area (Å²) in [6, 6.07) is 0. The molecule has 0 atom stereocenters. The first-order valence-electron chi connectivity index (χ1n) is 5.29. The largest absolute Gasteiger partial charge is 0.342 e. The van der Waals surface area contributed by atoms with Gasteiger partial charge in [0.05, 0.1) is 5.75 Å². The summed E-state index contributed by atoms with van der Waals surface area (Å²) in [7, 11) is 0. The van der Waals surface area contributed by atoms with Gasteiger partial charge in [-0.1, -0.05) is 6.92 Å². The minimum Gasteiger partial charge on any atom is -0.342 e. The van der Waals surface area contributed by atoms with Crippen molar-refractivity contribution in [3.8, 4) is 0 Å². The zero-order valence-corrected chi connectivity index (χ0v) is 9.68. The van der Waals surface area contributed by atoms with Crippen molar-refractivity contribution in [2.45, 2.75) is 19.8 Å². The highest BCUT2D eigenvalue weighted by molar-refractivity contribution is 7.99. The van der Waals surface area contributed by atoms with E-state index in [1.54, 1.807) is 11.8 Å². The van der Waals surface area contributed by atoms with E-state index in [0.717, 1.165) is 37.6 Å². The number of amides is 1. The summed E-state index contributed by atoms with van der Waals surface area (Å²) in [6.45, 7) is 4.81. The van der Waals surface area contributed by atoms with Crippen LogP contribution >= 0.6 is 11.8 Å². The van der Waals surface area contributed by atoms with Crippen LogP contribution in [0.1, 0.15) is 19.8 Å². The third kappa shape index (κ3) is 3.88. The third-order valence-corrected chi connectivity index (χ3v) is 3.60. The molecule has 1 amide bonds. The van der Waals surface area contributed by atoms with E-state index in [2.05, 4.69) is 6.92 Å². The molecule has 3 nitrogen and oxygen atoms in total. The number of thioether (sulfide) groups is 1. The van der Waals surface area contributed by atoms with Crippen molar-refractivity contribution in [3.05, 3.63) is 0 Å². The number of nitrogens with zero attached hydrogens (tertiary/aromatic N) is 1. The molecule has 4 heteroatoms. The average Bonchev–Trinajstić information content (AvgIpc) is 2.19. The van der Waals surface area contributed by atoms with Gasteiger partial charge < -0.3 is 10.6 Å². The van der Waals surface area contributed by atoms with Crippen molar-refractivity contribution >= 4 is 17.7 Å². The number of likely N-dealkylation sites (tertiary alicyclic amines) is 1. The zero-order chi connectivity index (χ0) is 10.4. The van der Waals surface area contributed by atoms with Gasteiger partial charge >= 0.3 is 0 Å². The minimum absolute atomic E-state index is 0.287. The monoisotopic (exact) mass is 216 g/mol. The van der Waals surface area contributed by atoms with Crippen LogP contribution in [-0.2, 0) is 4.79 Å². The fraction of sp³-hybridized carbons (Fsp3) is 0.900. The maximum Gasteiger partial charge on any atom is 0.232 e.